The lowest BCUT2D eigenvalue weighted by molar-refractivity contribution is -0.122. The average Bonchev–Trinajstić information content (AvgIpc) is 2.99. The fourth-order valence-corrected chi connectivity index (χ4v) is 3.05. The van der Waals surface area contributed by atoms with Crippen molar-refractivity contribution in [2.45, 2.75) is 24.9 Å². The van der Waals surface area contributed by atoms with Gasteiger partial charge >= 0.3 is 0 Å². The number of H-pyrrole nitrogens is 1. The van der Waals surface area contributed by atoms with Crippen LogP contribution in [0.15, 0.2) is 24.3 Å². The number of nitrogens with two attached hydrogens (primary N) is 2. The van der Waals surface area contributed by atoms with Gasteiger partial charge < -0.3 is 16.5 Å². The Morgan fingerprint density at radius 3 is 2.62 bits per heavy atom. The lowest BCUT2D eigenvalue weighted by Gasteiger charge is -2.28. The molecule has 0 saturated heterocycles. The SMILES string of the molecule is NCCC[C@@H](N)C(=O)N(c1nc2ccccc2[nH]1)[C@H](CS)C(=O)S. The van der Waals surface area contributed by atoms with Crippen LogP contribution in [0.3, 0.4) is 0 Å². The van der Waals surface area contributed by atoms with E-state index in [4.69, 9.17) is 11.5 Å². The van der Waals surface area contributed by atoms with Gasteiger partial charge in [-0.3, -0.25) is 14.5 Å². The predicted octanol–water partition coefficient (Wildman–Crippen LogP) is 0.717. The smallest absolute Gasteiger partial charge is 0.246 e. The third kappa shape index (κ3) is 4.10. The topological polar surface area (TPSA) is 118 Å². The van der Waals surface area contributed by atoms with Gasteiger partial charge in [0.15, 0.2) is 0 Å². The molecule has 130 valence electrons. The van der Waals surface area contributed by atoms with Crippen molar-refractivity contribution in [1.29, 1.82) is 0 Å². The van der Waals surface area contributed by atoms with Gasteiger partial charge in [-0.25, -0.2) is 4.98 Å². The Balaban J connectivity index is 2.41. The molecular formula is C15H21N5O2S2. The van der Waals surface area contributed by atoms with Crippen LogP contribution in [0.5, 0.6) is 0 Å². The summed E-state index contributed by atoms with van der Waals surface area (Å²) in [5, 5.41) is -0.482. The van der Waals surface area contributed by atoms with Crippen molar-refractivity contribution in [3.63, 3.8) is 0 Å². The molecule has 2 atom stereocenters. The number of rotatable bonds is 8. The van der Waals surface area contributed by atoms with E-state index in [2.05, 4.69) is 35.2 Å². The van der Waals surface area contributed by atoms with Gasteiger partial charge in [-0.2, -0.15) is 12.6 Å². The van der Waals surface area contributed by atoms with Gasteiger partial charge in [0.2, 0.25) is 17.0 Å². The maximum atomic E-state index is 12.8. The van der Waals surface area contributed by atoms with E-state index in [9.17, 15) is 9.59 Å². The number of benzene rings is 1. The zero-order valence-electron chi connectivity index (χ0n) is 13.1. The number of hydrogen-bond donors (Lipinski definition) is 5. The first-order chi connectivity index (χ1) is 11.5. The number of nitrogens with one attached hydrogen (secondary N) is 1. The molecule has 0 radical (unpaired) electrons. The third-order valence-corrected chi connectivity index (χ3v) is 4.29. The maximum absolute atomic E-state index is 12.8. The fourth-order valence-electron chi connectivity index (χ4n) is 2.37. The molecule has 0 bridgehead atoms. The lowest BCUT2D eigenvalue weighted by atomic mass is 10.1. The Kier molecular flexibility index (Phi) is 6.67. The van der Waals surface area contributed by atoms with Gasteiger partial charge in [0.1, 0.15) is 6.04 Å². The number of aromatic amines is 1. The highest BCUT2D eigenvalue weighted by Gasteiger charge is 2.33. The number of carbonyl (C=O) groups is 2. The van der Waals surface area contributed by atoms with E-state index in [-0.39, 0.29) is 11.7 Å². The Bertz CT molecular complexity index is 688. The number of aromatic nitrogens is 2. The van der Waals surface area contributed by atoms with Crippen LogP contribution in [0, 0.1) is 0 Å². The van der Waals surface area contributed by atoms with Crippen LogP contribution >= 0.6 is 25.3 Å². The summed E-state index contributed by atoms with van der Waals surface area (Å²) in [5.74, 6) is -0.0517. The normalized spacial score (nSPS) is 13.7. The molecule has 0 unspecified atom stereocenters. The first-order valence-electron chi connectivity index (χ1n) is 7.56. The van der Waals surface area contributed by atoms with Crippen molar-refractivity contribution in [2.75, 3.05) is 17.2 Å². The zero-order chi connectivity index (χ0) is 17.7. The highest BCUT2D eigenvalue weighted by Crippen LogP contribution is 2.22. The molecular weight excluding hydrogens is 346 g/mol. The molecule has 1 aromatic heterocycles. The summed E-state index contributed by atoms with van der Waals surface area (Å²) < 4.78 is 0. The standard InChI is InChI=1S/C15H21N5O2S2/c16-7-3-4-9(17)13(21)20(12(8-23)14(22)24)15-18-10-5-1-2-6-11(10)19-15/h1-2,5-6,9,12,23H,3-4,7-8,16-17H2,(H,18,19)(H,22,24)/t9-,12-/m1/s1. The molecule has 2 aromatic rings. The van der Waals surface area contributed by atoms with Gasteiger partial charge in [0, 0.05) is 5.75 Å². The summed E-state index contributed by atoms with van der Waals surface area (Å²) in [7, 11) is 0. The third-order valence-electron chi connectivity index (χ3n) is 3.65. The molecule has 0 aliphatic carbocycles. The molecule has 0 fully saturated rings. The maximum Gasteiger partial charge on any atom is 0.246 e. The van der Waals surface area contributed by atoms with E-state index in [1.807, 2.05) is 24.3 Å². The van der Waals surface area contributed by atoms with Crippen LogP contribution in [-0.2, 0) is 9.59 Å². The summed E-state index contributed by atoms with van der Waals surface area (Å²) >= 11 is 8.05. The summed E-state index contributed by atoms with van der Waals surface area (Å²) in [6.45, 7) is 0.438. The van der Waals surface area contributed by atoms with Crippen LogP contribution in [0.2, 0.25) is 0 Å². The quantitative estimate of drug-likeness (QED) is 0.441. The number of para-hydroxylation sites is 2. The van der Waals surface area contributed by atoms with Crippen molar-refractivity contribution in [1.82, 2.24) is 9.97 Å². The number of thiol groups is 2. The van der Waals surface area contributed by atoms with Crippen LogP contribution in [-0.4, -0.2) is 45.4 Å². The van der Waals surface area contributed by atoms with Gasteiger partial charge in [-0.1, -0.05) is 12.1 Å². The number of hydrogen-bond acceptors (Lipinski definition) is 6. The monoisotopic (exact) mass is 367 g/mol. The first-order valence-corrected chi connectivity index (χ1v) is 8.64. The van der Waals surface area contributed by atoms with Crippen LogP contribution in [0.25, 0.3) is 11.0 Å². The number of fused-ring (bicyclic) bond motifs is 1. The van der Waals surface area contributed by atoms with Gasteiger partial charge in [0.25, 0.3) is 0 Å². The van der Waals surface area contributed by atoms with Crippen LogP contribution in [0.1, 0.15) is 12.8 Å². The average molecular weight is 368 g/mol. The van der Waals surface area contributed by atoms with E-state index in [1.54, 1.807) is 0 Å². The summed E-state index contributed by atoms with van der Waals surface area (Å²) in [6, 6.07) is 5.69. The Morgan fingerprint density at radius 2 is 2.04 bits per heavy atom. The van der Waals surface area contributed by atoms with Gasteiger partial charge in [0.05, 0.1) is 17.1 Å². The number of anilines is 1. The fraction of sp³-hybridized carbons (Fsp3) is 0.400. The summed E-state index contributed by atoms with van der Waals surface area (Å²) in [4.78, 5) is 33.4. The molecule has 0 spiro atoms. The molecule has 0 saturated carbocycles. The zero-order valence-corrected chi connectivity index (χ0v) is 14.8. The highest BCUT2D eigenvalue weighted by molar-refractivity contribution is 7.97. The van der Waals surface area contributed by atoms with Gasteiger partial charge in [-0.15, -0.1) is 12.6 Å². The van der Waals surface area contributed by atoms with Gasteiger partial charge in [-0.05, 0) is 31.5 Å². The molecule has 7 nitrogen and oxygen atoms in total. The molecule has 1 aromatic carbocycles. The Labute approximate surface area is 151 Å². The second kappa shape index (κ2) is 8.52. The number of amides is 1. The minimum absolute atomic E-state index is 0.106. The van der Waals surface area contributed by atoms with E-state index < -0.39 is 23.1 Å². The number of imidazole rings is 1. The summed E-state index contributed by atoms with van der Waals surface area (Å²) in [5.41, 5.74) is 12.9. The second-order valence-electron chi connectivity index (χ2n) is 5.36. The highest BCUT2D eigenvalue weighted by atomic mass is 32.1. The largest absolute Gasteiger partial charge is 0.330 e. The van der Waals surface area contributed by atoms with Crippen molar-refractivity contribution >= 4 is 53.3 Å². The van der Waals surface area contributed by atoms with E-state index in [0.717, 1.165) is 5.52 Å². The number of carbonyl (C=O) groups excluding carboxylic acids is 2. The van der Waals surface area contributed by atoms with Crippen molar-refractivity contribution in [2.24, 2.45) is 11.5 Å². The van der Waals surface area contributed by atoms with E-state index in [0.29, 0.717) is 24.9 Å². The molecule has 1 heterocycles. The molecule has 2 rings (SSSR count). The molecule has 9 heteroatoms. The summed E-state index contributed by atoms with van der Waals surface area (Å²) in [6.07, 6.45) is 1.04. The van der Waals surface area contributed by atoms with E-state index >= 15 is 0 Å². The molecule has 0 aliphatic rings. The first kappa shape index (κ1) is 18.8. The second-order valence-corrected chi connectivity index (χ2v) is 6.17. The minimum atomic E-state index is -0.867. The van der Waals surface area contributed by atoms with Crippen LogP contribution in [0.4, 0.5) is 5.95 Å². The lowest BCUT2D eigenvalue weighted by Crippen LogP contribution is -2.52. The minimum Gasteiger partial charge on any atom is -0.330 e. The number of nitrogens with zero attached hydrogens (tertiary/aromatic N) is 2. The van der Waals surface area contributed by atoms with Crippen molar-refractivity contribution in [3.05, 3.63) is 24.3 Å². The van der Waals surface area contributed by atoms with E-state index in [1.165, 1.54) is 4.90 Å². The molecule has 24 heavy (non-hydrogen) atoms. The Hall–Kier alpha value is -1.55. The Morgan fingerprint density at radius 1 is 1.33 bits per heavy atom. The molecule has 5 N–H and O–H groups in total. The molecule has 1 amide bonds. The van der Waals surface area contributed by atoms with Crippen molar-refractivity contribution < 1.29 is 9.59 Å². The van der Waals surface area contributed by atoms with Crippen LogP contribution < -0.4 is 16.4 Å². The van der Waals surface area contributed by atoms with Crippen molar-refractivity contribution in [3.8, 4) is 0 Å². The predicted molar refractivity (Wildman–Crippen MR) is 101 cm³/mol. The molecule has 0 aliphatic heterocycles.